The van der Waals surface area contributed by atoms with Crippen LogP contribution in [-0.2, 0) is 23.9 Å². The average molecular weight is 433 g/mol. The number of carboxylic acid groups (broad SMARTS) is 1. The van der Waals surface area contributed by atoms with Gasteiger partial charge in [-0.1, -0.05) is 13.8 Å². The fourth-order valence-corrected chi connectivity index (χ4v) is 8.14. The first-order chi connectivity index (χ1) is 14.6. The summed E-state index contributed by atoms with van der Waals surface area (Å²) >= 11 is 0. The van der Waals surface area contributed by atoms with Crippen LogP contribution in [0, 0.1) is 40.4 Å². The second-order valence-corrected chi connectivity index (χ2v) is 11.1. The number of hydrogen-bond donors (Lipinski definition) is 1. The molecule has 4 saturated carbocycles. The van der Waals surface area contributed by atoms with Crippen molar-refractivity contribution in [1.29, 1.82) is 0 Å². The molecular weight excluding hydrogens is 396 g/mol. The number of carbonyl (C=O) groups is 4. The standard InChI is InChI=1S/C25H36O6/c1-14(26)18-6-7-19-17-5-4-15-12-16(31-23(30)9-8-22(28)29)10-11-24(15,2)20(17)13-21(27)25(18,19)3/h15-20H,4-13H2,1-3H3,(H,28,29)/t15-,16+,17+,18-,19+,20+,24+,25-/m1/s1. The predicted molar refractivity (Wildman–Crippen MR) is 113 cm³/mol. The van der Waals surface area contributed by atoms with E-state index < -0.39 is 17.4 Å². The molecule has 0 aromatic heterocycles. The number of fused-ring (bicyclic) bond motifs is 5. The van der Waals surface area contributed by atoms with Gasteiger partial charge in [-0.2, -0.15) is 0 Å². The monoisotopic (exact) mass is 432 g/mol. The SMILES string of the molecule is CC(=O)[C@H]1CC[C@H]2[C@@H]3CC[C@@H]4C[C@@H](OC(=O)CCC(=O)O)CC[C@]4(C)[C@H]3CC(=O)[C@]12C. The molecule has 0 unspecified atom stereocenters. The number of rotatable bonds is 5. The van der Waals surface area contributed by atoms with Gasteiger partial charge in [0, 0.05) is 17.8 Å². The van der Waals surface area contributed by atoms with E-state index >= 15 is 0 Å². The average Bonchev–Trinajstić information content (AvgIpc) is 3.07. The molecule has 8 atom stereocenters. The van der Waals surface area contributed by atoms with Crippen molar-refractivity contribution < 1.29 is 29.0 Å². The van der Waals surface area contributed by atoms with Crippen molar-refractivity contribution in [3.8, 4) is 0 Å². The molecular formula is C25H36O6. The first kappa shape index (κ1) is 22.5. The molecule has 0 saturated heterocycles. The molecule has 0 aromatic rings. The maximum Gasteiger partial charge on any atom is 0.306 e. The molecule has 6 heteroatoms. The van der Waals surface area contributed by atoms with Gasteiger partial charge in [0.25, 0.3) is 0 Å². The summed E-state index contributed by atoms with van der Waals surface area (Å²) in [5.74, 6) is 0.530. The summed E-state index contributed by atoms with van der Waals surface area (Å²) in [5.41, 5.74) is -0.411. The van der Waals surface area contributed by atoms with Crippen LogP contribution in [0.1, 0.15) is 85.0 Å². The van der Waals surface area contributed by atoms with E-state index in [1.54, 1.807) is 6.92 Å². The maximum atomic E-state index is 13.5. The number of aliphatic carboxylic acids is 1. The molecule has 0 radical (unpaired) electrons. The molecule has 0 bridgehead atoms. The van der Waals surface area contributed by atoms with E-state index in [0.717, 1.165) is 44.9 Å². The molecule has 4 rings (SSSR count). The summed E-state index contributed by atoms with van der Waals surface area (Å²) in [4.78, 5) is 48.4. The van der Waals surface area contributed by atoms with Gasteiger partial charge in [0.05, 0.1) is 12.8 Å². The van der Waals surface area contributed by atoms with Crippen LogP contribution in [0.3, 0.4) is 0 Å². The Kier molecular flexibility index (Phi) is 5.80. The summed E-state index contributed by atoms with van der Waals surface area (Å²) in [5, 5.41) is 8.76. The molecule has 31 heavy (non-hydrogen) atoms. The van der Waals surface area contributed by atoms with E-state index in [2.05, 4.69) is 13.8 Å². The number of esters is 1. The largest absolute Gasteiger partial charge is 0.481 e. The third kappa shape index (κ3) is 3.64. The number of ether oxygens (including phenoxy) is 1. The zero-order valence-corrected chi connectivity index (χ0v) is 19.0. The lowest BCUT2D eigenvalue weighted by Crippen LogP contribution is -2.57. The van der Waals surface area contributed by atoms with Crippen molar-refractivity contribution in [2.75, 3.05) is 0 Å². The van der Waals surface area contributed by atoms with Crippen LogP contribution in [0.2, 0.25) is 0 Å². The Balaban J connectivity index is 1.46. The molecule has 0 amide bonds. The van der Waals surface area contributed by atoms with Crippen molar-refractivity contribution in [2.45, 2.75) is 91.1 Å². The van der Waals surface area contributed by atoms with Crippen LogP contribution in [0.25, 0.3) is 0 Å². The Labute approximate surface area is 184 Å². The van der Waals surface area contributed by atoms with Gasteiger partial charge in [-0.05, 0) is 81.0 Å². The number of carboxylic acids is 1. The number of carbonyl (C=O) groups excluding carboxylic acids is 3. The van der Waals surface area contributed by atoms with Gasteiger partial charge in [-0.15, -0.1) is 0 Å². The fraction of sp³-hybridized carbons (Fsp3) is 0.840. The summed E-state index contributed by atoms with van der Waals surface area (Å²) in [6.45, 7) is 6.05. The van der Waals surface area contributed by atoms with E-state index in [9.17, 15) is 19.2 Å². The van der Waals surface area contributed by atoms with Crippen molar-refractivity contribution in [3.63, 3.8) is 0 Å². The molecule has 0 spiro atoms. The van der Waals surface area contributed by atoms with Gasteiger partial charge in [-0.25, -0.2) is 0 Å². The van der Waals surface area contributed by atoms with Crippen molar-refractivity contribution in [1.82, 2.24) is 0 Å². The predicted octanol–water partition coefficient (Wildman–Crippen LogP) is 4.19. The number of ketones is 2. The Morgan fingerprint density at radius 3 is 2.45 bits per heavy atom. The lowest BCUT2D eigenvalue weighted by Gasteiger charge is -2.60. The summed E-state index contributed by atoms with van der Waals surface area (Å²) in [6, 6.07) is 0. The molecule has 4 fully saturated rings. The second-order valence-electron chi connectivity index (χ2n) is 11.1. The van der Waals surface area contributed by atoms with Gasteiger partial charge >= 0.3 is 11.9 Å². The van der Waals surface area contributed by atoms with E-state index in [4.69, 9.17) is 9.84 Å². The Hall–Kier alpha value is -1.72. The molecule has 0 aromatic carbocycles. The normalized spacial score (nSPS) is 44.0. The van der Waals surface area contributed by atoms with Crippen LogP contribution in [0.15, 0.2) is 0 Å². The Bertz CT molecular complexity index is 789. The van der Waals surface area contributed by atoms with Crippen LogP contribution in [0.4, 0.5) is 0 Å². The van der Waals surface area contributed by atoms with Crippen molar-refractivity contribution in [2.24, 2.45) is 40.4 Å². The quantitative estimate of drug-likeness (QED) is 0.654. The topological polar surface area (TPSA) is 97.7 Å². The minimum absolute atomic E-state index is 0.0676. The highest BCUT2D eigenvalue weighted by Gasteiger charge is 2.64. The first-order valence-corrected chi connectivity index (χ1v) is 12.0. The van der Waals surface area contributed by atoms with Crippen molar-refractivity contribution >= 4 is 23.5 Å². The zero-order valence-electron chi connectivity index (χ0n) is 19.0. The molecule has 4 aliphatic carbocycles. The lowest BCUT2D eigenvalue weighted by molar-refractivity contribution is -0.169. The van der Waals surface area contributed by atoms with Gasteiger partial charge in [0.2, 0.25) is 0 Å². The highest BCUT2D eigenvalue weighted by atomic mass is 16.5. The summed E-state index contributed by atoms with van der Waals surface area (Å²) in [6.07, 6.45) is 6.68. The Morgan fingerprint density at radius 2 is 1.77 bits per heavy atom. The Morgan fingerprint density at radius 1 is 1.03 bits per heavy atom. The molecule has 0 aliphatic heterocycles. The van der Waals surface area contributed by atoms with Gasteiger partial charge in [0.1, 0.15) is 17.7 Å². The van der Waals surface area contributed by atoms with E-state index in [-0.39, 0.29) is 36.1 Å². The zero-order chi connectivity index (χ0) is 22.6. The van der Waals surface area contributed by atoms with Crippen LogP contribution >= 0.6 is 0 Å². The second kappa shape index (κ2) is 8.00. The molecule has 1 N–H and O–H groups in total. The highest BCUT2D eigenvalue weighted by Crippen LogP contribution is 2.66. The molecule has 6 nitrogen and oxygen atoms in total. The van der Waals surface area contributed by atoms with Gasteiger partial charge < -0.3 is 9.84 Å². The molecule has 172 valence electrons. The third-order valence-corrected chi connectivity index (χ3v) is 9.81. The third-order valence-electron chi connectivity index (χ3n) is 9.81. The molecule has 4 aliphatic rings. The lowest BCUT2D eigenvalue weighted by atomic mass is 9.44. The van der Waals surface area contributed by atoms with Gasteiger partial charge in [0.15, 0.2) is 0 Å². The minimum Gasteiger partial charge on any atom is -0.481 e. The van der Waals surface area contributed by atoms with Crippen molar-refractivity contribution in [3.05, 3.63) is 0 Å². The first-order valence-electron chi connectivity index (χ1n) is 12.0. The van der Waals surface area contributed by atoms with E-state index in [0.29, 0.717) is 35.9 Å². The fourth-order valence-electron chi connectivity index (χ4n) is 8.14. The number of Topliss-reactive ketones (excluding diaryl/α,β-unsaturated/α-hetero) is 2. The summed E-state index contributed by atoms with van der Waals surface area (Å²) < 4.78 is 5.61. The summed E-state index contributed by atoms with van der Waals surface area (Å²) in [7, 11) is 0. The van der Waals surface area contributed by atoms with Crippen LogP contribution in [-0.4, -0.2) is 34.7 Å². The van der Waals surface area contributed by atoms with Crippen LogP contribution < -0.4 is 0 Å². The maximum absolute atomic E-state index is 13.5. The highest BCUT2D eigenvalue weighted by molar-refractivity contribution is 5.93. The van der Waals surface area contributed by atoms with Gasteiger partial charge in [-0.3, -0.25) is 19.2 Å². The van der Waals surface area contributed by atoms with Crippen LogP contribution in [0.5, 0.6) is 0 Å². The smallest absolute Gasteiger partial charge is 0.306 e. The number of hydrogen-bond acceptors (Lipinski definition) is 5. The van der Waals surface area contributed by atoms with E-state index in [1.165, 1.54) is 0 Å². The van der Waals surface area contributed by atoms with E-state index in [1.807, 2.05) is 0 Å². The molecule has 0 heterocycles. The minimum atomic E-state index is -0.987.